The molecule has 0 amide bonds. The molecule has 0 unspecified atom stereocenters. The van der Waals surface area contributed by atoms with Crippen LogP contribution in [-0.2, 0) is 0 Å². The molecule has 0 spiro atoms. The first-order chi connectivity index (χ1) is 5.70. The molecule has 0 radical (unpaired) electrons. The van der Waals surface area contributed by atoms with E-state index in [2.05, 4.69) is 0 Å². The van der Waals surface area contributed by atoms with Crippen LogP contribution in [0.2, 0.25) is 0 Å². The van der Waals surface area contributed by atoms with Gasteiger partial charge in [0.05, 0.1) is 7.11 Å². The molecule has 1 aromatic rings. The summed E-state index contributed by atoms with van der Waals surface area (Å²) < 4.78 is 18.4. The minimum atomic E-state index is -0.505. The van der Waals surface area contributed by atoms with Crippen molar-refractivity contribution in [3.63, 3.8) is 0 Å². The van der Waals surface area contributed by atoms with Gasteiger partial charge in [-0.2, -0.15) is 5.26 Å². The van der Waals surface area contributed by atoms with E-state index in [0.717, 1.165) is 0 Å². The molecule has 0 bridgehead atoms. The zero-order valence-corrected chi connectivity index (χ0v) is 8.42. The molecule has 0 heterocycles. The van der Waals surface area contributed by atoms with Crippen molar-refractivity contribution >= 4 is 22.6 Å². The molecular formula is C8H5FINO. The number of rotatable bonds is 1. The Labute approximate surface area is 83.1 Å². The smallest absolute Gasteiger partial charge is 0.173 e. The Kier molecular flexibility index (Phi) is 2.87. The van der Waals surface area contributed by atoms with E-state index < -0.39 is 5.82 Å². The van der Waals surface area contributed by atoms with Crippen LogP contribution in [0.25, 0.3) is 0 Å². The van der Waals surface area contributed by atoms with Crippen molar-refractivity contribution in [2.75, 3.05) is 7.11 Å². The molecular weight excluding hydrogens is 272 g/mol. The molecule has 12 heavy (non-hydrogen) atoms. The largest absolute Gasteiger partial charge is 0.492 e. The normalized spacial score (nSPS) is 9.17. The van der Waals surface area contributed by atoms with Gasteiger partial charge in [-0.15, -0.1) is 0 Å². The van der Waals surface area contributed by atoms with E-state index >= 15 is 0 Å². The Hall–Kier alpha value is -0.830. The number of nitrogens with zero attached hydrogens (tertiary/aromatic N) is 1. The standard InChI is InChI=1S/C8H5FINO/c1-12-8-5(4-11)7(10)3-2-6(8)9/h2-3H,1H3. The second-order valence-electron chi connectivity index (χ2n) is 2.05. The molecule has 4 heteroatoms. The van der Waals surface area contributed by atoms with Gasteiger partial charge in [0.25, 0.3) is 0 Å². The number of nitriles is 1. The number of hydrogen-bond acceptors (Lipinski definition) is 2. The molecule has 0 N–H and O–H groups in total. The maximum atomic E-state index is 12.9. The van der Waals surface area contributed by atoms with Gasteiger partial charge in [0.15, 0.2) is 11.6 Å². The van der Waals surface area contributed by atoms with Crippen molar-refractivity contribution in [3.8, 4) is 11.8 Å². The minimum absolute atomic E-state index is 0.0180. The van der Waals surface area contributed by atoms with Gasteiger partial charge in [0.2, 0.25) is 0 Å². The van der Waals surface area contributed by atoms with Gasteiger partial charge < -0.3 is 4.74 Å². The topological polar surface area (TPSA) is 33.0 Å². The summed E-state index contributed by atoms with van der Waals surface area (Å²) in [6.45, 7) is 0. The molecule has 0 aliphatic carbocycles. The van der Waals surface area contributed by atoms with Crippen LogP contribution in [0.15, 0.2) is 12.1 Å². The molecule has 1 rings (SSSR count). The summed E-state index contributed by atoms with van der Waals surface area (Å²) in [5.74, 6) is -0.487. The molecule has 0 fully saturated rings. The third-order valence-electron chi connectivity index (χ3n) is 1.37. The van der Waals surface area contributed by atoms with Crippen LogP contribution in [-0.4, -0.2) is 7.11 Å². The zero-order chi connectivity index (χ0) is 9.14. The fourth-order valence-corrected chi connectivity index (χ4v) is 1.38. The predicted molar refractivity (Wildman–Crippen MR) is 50.4 cm³/mol. The number of methoxy groups -OCH3 is 1. The summed E-state index contributed by atoms with van der Waals surface area (Å²) in [7, 11) is 1.34. The average molecular weight is 277 g/mol. The summed E-state index contributed by atoms with van der Waals surface area (Å²) in [5, 5.41) is 8.65. The monoisotopic (exact) mass is 277 g/mol. The van der Waals surface area contributed by atoms with Crippen LogP contribution in [0.3, 0.4) is 0 Å². The first-order valence-electron chi connectivity index (χ1n) is 3.12. The molecule has 62 valence electrons. The molecule has 0 atom stereocenters. The maximum Gasteiger partial charge on any atom is 0.173 e. The van der Waals surface area contributed by atoms with E-state index in [1.807, 2.05) is 28.7 Å². The lowest BCUT2D eigenvalue weighted by Crippen LogP contribution is -1.94. The van der Waals surface area contributed by atoms with Crippen molar-refractivity contribution in [2.45, 2.75) is 0 Å². The van der Waals surface area contributed by atoms with Crippen molar-refractivity contribution in [3.05, 3.63) is 27.1 Å². The highest BCUT2D eigenvalue weighted by molar-refractivity contribution is 14.1. The first-order valence-corrected chi connectivity index (χ1v) is 4.20. The van der Waals surface area contributed by atoms with Crippen molar-refractivity contribution < 1.29 is 9.13 Å². The molecule has 0 aliphatic heterocycles. The second kappa shape index (κ2) is 3.72. The fourth-order valence-electron chi connectivity index (χ4n) is 0.837. The Morgan fingerprint density at radius 2 is 2.25 bits per heavy atom. The van der Waals surface area contributed by atoms with Crippen molar-refractivity contribution in [1.29, 1.82) is 5.26 Å². The summed E-state index contributed by atoms with van der Waals surface area (Å²) in [4.78, 5) is 0. The highest BCUT2D eigenvalue weighted by Crippen LogP contribution is 2.25. The molecule has 1 aromatic carbocycles. The molecule has 2 nitrogen and oxygen atoms in total. The number of benzene rings is 1. The van der Waals surface area contributed by atoms with Crippen molar-refractivity contribution in [1.82, 2.24) is 0 Å². The lowest BCUT2D eigenvalue weighted by atomic mass is 10.2. The highest BCUT2D eigenvalue weighted by Gasteiger charge is 2.11. The summed E-state index contributed by atoms with van der Waals surface area (Å²) in [6, 6.07) is 4.70. The molecule has 0 saturated heterocycles. The van der Waals surface area contributed by atoms with Gasteiger partial charge in [0, 0.05) is 3.57 Å². The Morgan fingerprint density at radius 1 is 1.58 bits per heavy atom. The predicted octanol–water partition coefficient (Wildman–Crippen LogP) is 2.31. The van der Waals surface area contributed by atoms with Crippen LogP contribution >= 0.6 is 22.6 Å². The minimum Gasteiger partial charge on any atom is -0.492 e. The Bertz CT molecular complexity index is 346. The summed E-state index contributed by atoms with van der Waals surface area (Å²) in [5.41, 5.74) is 0.248. The van der Waals surface area contributed by atoms with E-state index in [1.165, 1.54) is 19.2 Å². The average Bonchev–Trinajstić information content (AvgIpc) is 2.08. The van der Waals surface area contributed by atoms with Crippen LogP contribution in [0.1, 0.15) is 5.56 Å². The van der Waals surface area contributed by atoms with Gasteiger partial charge in [-0.3, -0.25) is 0 Å². The van der Waals surface area contributed by atoms with E-state index in [1.54, 1.807) is 0 Å². The van der Waals surface area contributed by atoms with Gasteiger partial charge in [-0.25, -0.2) is 4.39 Å². The van der Waals surface area contributed by atoms with E-state index in [-0.39, 0.29) is 11.3 Å². The zero-order valence-electron chi connectivity index (χ0n) is 6.27. The van der Waals surface area contributed by atoms with Gasteiger partial charge in [-0.1, -0.05) is 0 Å². The van der Waals surface area contributed by atoms with Gasteiger partial charge in [-0.05, 0) is 34.7 Å². The lowest BCUT2D eigenvalue weighted by Gasteiger charge is -2.04. The number of hydrogen-bond donors (Lipinski definition) is 0. The lowest BCUT2D eigenvalue weighted by molar-refractivity contribution is 0.385. The van der Waals surface area contributed by atoms with Crippen molar-refractivity contribution in [2.24, 2.45) is 0 Å². The third kappa shape index (κ3) is 1.50. The van der Waals surface area contributed by atoms with Gasteiger partial charge in [0.1, 0.15) is 11.6 Å². The number of halogens is 2. The van der Waals surface area contributed by atoms with E-state index in [0.29, 0.717) is 3.57 Å². The van der Waals surface area contributed by atoms with E-state index in [9.17, 15) is 4.39 Å². The number of ether oxygens (including phenoxy) is 1. The SMILES string of the molecule is COc1c(F)ccc(I)c1C#N. The highest BCUT2D eigenvalue weighted by atomic mass is 127. The fraction of sp³-hybridized carbons (Fsp3) is 0.125. The van der Waals surface area contributed by atoms with Gasteiger partial charge >= 0.3 is 0 Å². The summed E-state index contributed by atoms with van der Waals surface area (Å²) >= 11 is 1.96. The summed E-state index contributed by atoms with van der Waals surface area (Å²) in [6.07, 6.45) is 0. The first kappa shape index (κ1) is 9.26. The molecule has 0 saturated carbocycles. The second-order valence-corrected chi connectivity index (χ2v) is 3.21. The van der Waals surface area contributed by atoms with E-state index in [4.69, 9.17) is 10.00 Å². The molecule has 0 aromatic heterocycles. The van der Waals surface area contributed by atoms with Crippen LogP contribution in [0.5, 0.6) is 5.75 Å². The Morgan fingerprint density at radius 3 is 2.67 bits per heavy atom. The Balaban J connectivity index is 3.41. The molecule has 0 aliphatic rings. The third-order valence-corrected chi connectivity index (χ3v) is 2.27. The van der Waals surface area contributed by atoms with Crippen LogP contribution < -0.4 is 4.74 Å². The maximum absolute atomic E-state index is 12.9. The quantitative estimate of drug-likeness (QED) is 0.738. The van der Waals surface area contributed by atoms with Crippen LogP contribution in [0.4, 0.5) is 4.39 Å². The van der Waals surface area contributed by atoms with Crippen LogP contribution in [0, 0.1) is 20.7 Å².